The maximum absolute atomic E-state index is 16.4. The Labute approximate surface area is 210 Å². The van der Waals surface area contributed by atoms with E-state index in [1.54, 1.807) is 41.9 Å². The lowest BCUT2D eigenvalue weighted by molar-refractivity contribution is 0.113. The van der Waals surface area contributed by atoms with Crippen LogP contribution in [0, 0.1) is 5.82 Å². The predicted molar refractivity (Wildman–Crippen MR) is 134 cm³/mol. The molecule has 0 amide bonds. The lowest BCUT2D eigenvalue weighted by Gasteiger charge is -2.30. The molecule has 5 aromatic rings. The molecular weight excluding hydrogens is 496 g/mol. The maximum atomic E-state index is 16.4. The summed E-state index contributed by atoms with van der Waals surface area (Å²) in [5, 5.41) is 13.0. The second-order valence-electron chi connectivity index (χ2n) is 7.89. The lowest BCUT2D eigenvalue weighted by atomic mass is 9.82. The fraction of sp³-hybridized carbons (Fsp3) is 0.0769. The van der Waals surface area contributed by atoms with Crippen LogP contribution in [0.15, 0.2) is 79.3 Å². The van der Waals surface area contributed by atoms with Crippen molar-refractivity contribution in [1.29, 1.82) is 0 Å². The molecule has 0 aliphatic carbocycles. The molecule has 1 unspecified atom stereocenters. The van der Waals surface area contributed by atoms with Gasteiger partial charge in [0.2, 0.25) is 0 Å². The number of pyridine rings is 1. The van der Waals surface area contributed by atoms with Crippen LogP contribution in [0.2, 0.25) is 15.2 Å². The lowest BCUT2D eigenvalue weighted by Crippen LogP contribution is -2.32. The fourth-order valence-corrected chi connectivity index (χ4v) is 5.06. The Morgan fingerprint density at radius 2 is 1.65 bits per heavy atom. The van der Waals surface area contributed by atoms with Crippen LogP contribution in [0.4, 0.5) is 4.39 Å². The van der Waals surface area contributed by atoms with Gasteiger partial charge in [-0.25, -0.2) is 14.4 Å². The third-order valence-corrected chi connectivity index (χ3v) is 6.79. The summed E-state index contributed by atoms with van der Waals surface area (Å²) in [6.07, 6.45) is 3.03. The fourth-order valence-electron chi connectivity index (χ4n) is 4.21. The summed E-state index contributed by atoms with van der Waals surface area (Å²) < 4.78 is 18.0. The zero-order valence-corrected chi connectivity index (χ0v) is 20.1. The number of aromatic nitrogens is 3. The SMILES string of the molecule is Cn1cncc1C(O)(c1ccc(Cl)cc1)c1ccc2nc(Cl)c(-c3ccccc3)c(Cl)c2c1F. The van der Waals surface area contributed by atoms with E-state index in [1.165, 1.54) is 18.6 Å². The smallest absolute Gasteiger partial charge is 0.159 e. The van der Waals surface area contributed by atoms with E-state index in [9.17, 15) is 5.11 Å². The molecule has 0 fully saturated rings. The molecule has 0 aliphatic rings. The molecule has 0 bridgehead atoms. The van der Waals surface area contributed by atoms with Crippen LogP contribution < -0.4 is 0 Å². The van der Waals surface area contributed by atoms with E-state index in [-0.39, 0.29) is 26.6 Å². The van der Waals surface area contributed by atoms with E-state index in [4.69, 9.17) is 34.8 Å². The Morgan fingerprint density at radius 1 is 0.941 bits per heavy atom. The first-order valence-corrected chi connectivity index (χ1v) is 11.4. The average Bonchev–Trinajstić information content (AvgIpc) is 3.26. The molecule has 2 heterocycles. The van der Waals surface area contributed by atoms with E-state index >= 15 is 4.39 Å². The number of hydrogen-bond donors (Lipinski definition) is 1. The third kappa shape index (κ3) is 3.56. The Kier molecular flexibility index (Phi) is 5.82. The van der Waals surface area contributed by atoms with Crippen molar-refractivity contribution >= 4 is 45.7 Å². The number of fused-ring (bicyclic) bond motifs is 1. The van der Waals surface area contributed by atoms with Crippen molar-refractivity contribution in [2.24, 2.45) is 7.05 Å². The summed E-state index contributed by atoms with van der Waals surface area (Å²) in [6.45, 7) is 0. The van der Waals surface area contributed by atoms with Gasteiger partial charge in [0.05, 0.1) is 34.1 Å². The van der Waals surface area contributed by atoms with Gasteiger partial charge in [-0.2, -0.15) is 0 Å². The van der Waals surface area contributed by atoms with E-state index in [1.807, 2.05) is 30.3 Å². The highest BCUT2D eigenvalue weighted by Crippen LogP contribution is 2.44. The first-order chi connectivity index (χ1) is 16.3. The van der Waals surface area contributed by atoms with Crippen molar-refractivity contribution in [1.82, 2.24) is 14.5 Å². The molecule has 170 valence electrons. The van der Waals surface area contributed by atoms with Gasteiger partial charge in [0.1, 0.15) is 11.0 Å². The van der Waals surface area contributed by atoms with Crippen LogP contribution in [0.25, 0.3) is 22.0 Å². The second-order valence-corrected chi connectivity index (χ2v) is 9.06. The Balaban J connectivity index is 1.84. The molecule has 4 nitrogen and oxygen atoms in total. The number of nitrogens with zero attached hydrogens (tertiary/aromatic N) is 3. The summed E-state index contributed by atoms with van der Waals surface area (Å²) in [5.74, 6) is -0.706. The van der Waals surface area contributed by atoms with Gasteiger partial charge in [-0.1, -0.05) is 83.3 Å². The normalized spacial score (nSPS) is 13.2. The number of aryl methyl sites for hydroxylation is 1. The van der Waals surface area contributed by atoms with E-state index in [0.717, 1.165) is 0 Å². The van der Waals surface area contributed by atoms with Crippen molar-refractivity contribution in [2.45, 2.75) is 5.60 Å². The standard InChI is InChI=1S/C26H17Cl3FN3O/c1-33-14-31-13-20(33)26(34,16-7-9-17(27)10-8-16)18-11-12-19-22(24(18)30)23(28)21(25(29)32-19)15-5-3-2-4-6-15/h2-14,34H,1H3. The number of hydrogen-bond acceptors (Lipinski definition) is 3. The van der Waals surface area contributed by atoms with Gasteiger partial charge < -0.3 is 9.67 Å². The molecule has 8 heteroatoms. The molecule has 0 aliphatic heterocycles. The van der Waals surface area contributed by atoms with Gasteiger partial charge in [-0.05, 0) is 29.3 Å². The monoisotopic (exact) mass is 511 g/mol. The van der Waals surface area contributed by atoms with Gasteiger partial charge in [0, 0.05) is 23.2 Å². The predicted octanol–water partition coefficient (Wildman–Crippen LogP) is 7.02. The van der Waals surface area contributed by atoms with Crippen LogP contribution in [0.3, 0.4) is 0 Å². The molecule has 5 rings (SSSR count). The topological polar surface area (TPSA) is 50.9 Å². The first-order valence-electron chi connectivity index (χ1n) is 10.3. The molecule has 0 saturated carbocycles. The molecule has 34 heavy (non-hydrogen) atoms. The molecule has 1 N–H and O–H groups in total. The molecule has 0 saturated heterocycles. The number of aliphatic hydroxyl groups is 1. The minimum atomic E-state index is -1.88. The second kappa shape index (κ2) is 8.67. The quantitative estimate of drug-likeness (QED) is 0.263. The highest BCUT2D eigenvalue weighted by atomic mass is 35.5. The summed E-state index contributed by atoms with van der Waals surface area (Å²) >= 11 is 19.3. The Morgan fingerprint density at radius 3 is 2.29 bits per heavy atom. The summed E-state index contributed by atoms with van der Waals surface area (Å²) in [5.41, 5.74) is 0.299. The maximum Gasteiger partial charge on any atom is 0.159 e. The summed E-state index contributed by atoms with van der Waals surface area (Å²) in [7, 11) is 1.73. The molecular formula is C26H17Cl3FN3O. The molecule has 0 radical (unpaired) electrons. The number of halogens is 4. The van der Waals surface area contributed by atoms with Crippen LogP contribution in [0.1, 0.15) is 16.8 Å². The first kappa shape index (κ1) is 22.8. The average molecular weight is 513 g/mol. The number of rotatable bonds is 4. The van der Waals surface area contributed by atoms with Crippen molar-refractivity contribution in [3.8, 4) is 11.1 Å². The highest BCUT2D eigenvalue weighted by molar-refractivity contribution is 6.42. The van der Waals surface area contributed by atoms with Gasteiger partial charge in [-0.3, -0.25) is 0 Å². The van der Waals surface area contributed by atoms with Crippen LogP contribution in [0.5, 0.6) is 0 Å². The number of benzene rings is 3. The minimum Gasteiger partial charge on any atom is -0.374 e. The summed E-state index contributed by atoms with van der Waals surface area (Å²) in [6, 6.07) is 18.8. The molecule has 0 spiro atoms. The zero-order chi connectivity index (χ0) is 24.0. The molecule has 3 aromatic carbocycles. The zero-order valence-electron chi connectivity index (χ0n) is 17.8. The molecule has 1 atom stereocenters. The van der Waals surface area contributed by atoms with E-state index < -0.39 is 11.4 Å². The van der Waals surface area contributed by atoms with Gasteiger partial charge in [-0.15, -0.1) is 0 Å². The van der Waals surface area contributed by atoms with Crippen LogP contribution in [-0.4, -0.2) is 19.6 Å². The van der Waals surface area contributed by atoms with Crippen LogP contribution >= 0.6 is 34.8 Å². The minimum absolute atomic E-state index is 0.00374. The van der Waals surface area contributed by atoms with Crippen molar-refractivity contribution in [3.05, 3.63) is 117 Å². The van der Waals surface area contributed by atoms with E-state index in [2.05, 4.69) is 9.97 Å². The largest absolute Gasteiger partial charge is 0.374 e. The van der Waals surface area contributed by atoms with Crippen molar-refractivity contribution in [3.63, 3.8) is 0 Å². The number of imidazole rings is 1. The summed E-state index contributed by atoms with van der Waals surface area (Å²) in [4.78, 5) is 8.52. The molecule has 2 aromatic heterocycles. The van der Waals surface area contributed by atoms with E-state index in [0.29, 0.717) is 27.4 Å². The van der Waals surface area contributed by atoms with Gasteiger partial charge >= 0.3 is 0 Å². The van der Waals surface area contributed by atoms with Crippen LogP contribution in [-0.2, 0) is 12.6 Å². The highest BCUT2D eigenvalue weighted by Gasteiger charge is 2.40. The van der Waals surface area contributed by atoms with Gasteiger partial charge in [0.25, 0.3) is 0 Å². The van der Waals surface area contributed by atoms with Crippen molar-refractivity contribution in [2.75, 3.05) is 0 Å². The Hall–Kier alpha value is -2.96. The van der Waals surface area contributed by atoms with Gasteiger partial charge in [0.15, 0.2) is 5.60 Å². The third-order valence-electron chi connectivity index (χ3n) is 5.89. The van der Waals surface area contributed by atoms with Crippen molar-refractivity contribution < 1.29 is 9.50 Å². The Bertz CT molecular complexity index is 1520.